The summed E-state index contributed by atoms with van der Waals surface area (Å²) in [6, 6.07) is 20.5. The molecule has 0 bridgehead atoms. The van der Waals surface area contributed by atoms with E-state index in [1.165, 1.54) is 0 Å². The summed E-state index contributed by atoms with van der Waals surface area (Å²) in [7, 11) is 1.64. The average Bonchev–Trinajstić information content (AvgIpc) is 2.96. The molecule has 3 aromatic rings. The van der Waals surface area contributed by atoms with E-state index in [9.17, 15) is 23.1 Å². The van der Waals surface area contributed by atoms with Crippen molar-refractivity contribution in [3.8, 4) is 5.75 Å². The molecule has 0 amide bonds. The van der Waals surface area contributed by atoms with E-state index in [4.69, 9.17) is 19.6 Å². The predicted molar refractivity (Wildman–Crippen MR) is 143 cm³/mol. The van der Waals surface area contributed by atoms with Crippen LogP contribution < -0.4 is 15.0 Å². The number of aromatic nitrogens is 1. The van der Waals surface area contributed by atoms with Crippen molar-refractivity contribution in [3.63, 3.8) is 0 Å². The zero-order chi connectivity index (χ0) is 29.1. The number of hydrogen-bond donors (Lipinski definition) is 3. The quantitative estimate of drug-likeness (QED) is 0.301. The van der Waals surface area contributed by atoms with Gasteiger partial charge in [0.05, 0.1) is 19.2 Å². The molecule has 0 aliphatic carbocycles. The highest BCUT2D eigenvalue weighted by Crippen LogP contribution is 2.18. The number of pyridine rings is 1. The molecule has 1 saturated heterocycles. The number of aliphatic imine (C=N–C) groups is 1. The van der Waals surface area contributed by atoms with Crippen molar-refractivity contribution in [1.82, 2.24) is 9.88 Å². The first-order chi connectivity index (χ1) is 19.1. The Morgan fingerprint density at radius 3 is 2.30 bits per heavy atom. The van der Waals surface area contributed by atoms with Crippen LogP contribution >= 0.6 is 0 Å². The Kier molecular flexibility index (Phi) is 10.3. The van der Waals surface area contributed by atoms with Gasteiger partial charge in [0.2, 0.25) is 0 Å². The molecule has 2 aromatic carbocycles. The van der Waals surface area contributed by atoms with E-state index >= 15 is 0 Å². The van der Waals surface area contributed by atoms with E-state index in [1.54, 1.807) is 31.5 Å². The number of carboxylic acids is 2. The maximum Gasteiger partial charge on any atom is 0.490 e. The zero-order valence-corrected chi connectivity index (χ0v) is 21.5. The van der Waals surface area contributed by atoms with Crippen molar-refractivity contribution in [1.29, 1.82) is 0 Å². The van der Waals surface area contributed by atoms with Gasteiger partial charge < -0.3 is 30.1 Å². The highest BCUT2D eigenvalue weighted by Gasteiger charge is 2.38. The van der Waals surface area contributed by atoms with E-state index < -0.39 is 18.1 Å². The number of guanidine groups is 1. The molecule has 4 rings (SSSR count). The van der Waals surface area contributed by atoms with Crippen LogP contribution in [0.4, 0.5) is 24.7 Å². The Bertz CT molecular complexity index is 1310. The van der Waals surface area contributed by atoms with E-state index in [2.05, 4.69) is 20.1 Å². The number of benzene rings is 2. The first kappa shape index (κ1) is 29.7. The fourth-order valence-corrected chi connectivity index (χ4v) is 3.70. The average molecular weight is 560 g/mol. The second-order valence-electron chi connectivity index (χ2n) is 8.47. The fraction of sp³-hybridized carbons (Fsp3) is 0.259. The van der Waals surface area contributed by atoms with Crippen LogP contribution in [0.3, 0.4) is 0 Å². The lowest BCUT2D eigenvalue weighted by Gasteiger charge is -2.37. The van der Waals surface area contributed by atoms with Crippen LogP contribution in [0.15, 0.2) is 77.9 Å². The van der Waals surface area contributed by atoms with Gasteiger partial charge in [0.1, 0.15) is 11.6 Å². The summed E-state index contributed by atoms with van der Waals surface area (Å²) < 4.78 is 37.1. The van der Waals surface area contributed by atoms with Crippen molar-refractivity contribution < 1.29 is 37.7 Å². The van der Waals surface area contributed by atoms with Crippen LogP contribution in [0.2, 0.25) is 0 Å². The summed E-state index contributed by atoms with van der Waals surface area (Å²) in [5.41, 5.74) is 1.94. The van der Waals surface area contributed by atoms with Crippen LogP contribution in [0.1, 0.15) is 15.9 Å². The summed E-state index contributed by atoms with van der Waals surface area (Å²) >= 11 is 0. The van der Waals surface area contributed by atoms with E-state index in [1.807, 2.05) is 48.5 Å². The number of aromatic carboxylic acids is 1. The summed E-state index contributed by atoms with van der Waals surface area (Å²) in [5.74, 6) is -1.25. The normalized spacial score (nSPS) is 13.7. The number of anilines is 2. The van der Waals surface area contributed by atoms with Crippen molar-refractivity contribution in [2.45, 2.75) is 12.7 Å². The van der Waals surface area contributed by atoms with Crippen LogP contribution in [0.5, 0.6) is 5.75 Å². The molecular weight excluding hydrogens is 531 g/mol. The molecule has 0 radical (unpaired) electrons. The summed E-state index contributed by atoms with van der Waals surface area (Å²) in [4.78, 5) is 34.0. The Balaban J connectivity index is 0.000000559. The summed E-state index contributed by atoms with van der Waals surface area (Å²) in [6.07, 6.45) is -3.28. The molecule has 40 heavy (non-hydrogen) atoms. The van der Waals surface area contributed by atoms with Crippen LogP contribution in [-0.2, 0) is 11.3 Å². The molecule has 2 heterocycles. The Morgan fingerprint density at radius 2 is 1.70 bits per heavy atom. The number of halogens is 3. The predicted octanol–water partition coefficient (Wildman–Crippen LogP) is 4.21. The smallest absolute Gasteiger partial charge is 0.490 e. The van der Waals surface area contributed by atoms with Crippen LogP contribution in [0, 0.1) is 0 Å². The lowest BCUT2D eigenvalue weighted by Crippen LogP contribution is -2.51. The number of methoxy groups -OCH3 is 1. The van der Waals surface area contributed by atoms with Gasteiger partial charge in [0.25, 0.3) is 0 Å². The number of ether oxygens (including phenoxy) is 1. The molecule has 3 N–H and O–H groups in total. The van der Waals surface area contributed by atoms with Gasteiger partial charge in [-0.2, -0.15) is 13.2 Å². The number of carbonyl (C=O) groups is 2. The minimum atomic E-state index is -5.08. The number of aliphatic carboxylic acids is 1. The van der Waals surface area contributed by atoms with Crippen molar-refractivity contribution in [2.75, 3.05) is 43.5 Å². The maximum absolute atomic E-state index is 11.4. The minimum absolute atomic E-state index is 0.229. The van der Waals surface area contributed by atoms with Crippen molar-refractivity contribution >= 4 is 29.4 Å². The summed E-state index contributed by atoms with van der Waals surface area (Å²) in [5, 5.41) is 19.8. The molecule has 0 unspecified atom stereocenters. The van der Waals surface area contributed by atoms with Gasteiger partial charge in [-0.05, 0) is 48.0 Å². The van der Waals surface area contributed by atoms with Gasteiger partial charge in [-0.3, -0.25) is 0 Å². The van der Waals surface area contributed by atoms with E-state index in [0.717, 1.165) is 43.3 Å². The third kappa shape index (κ3) is 8.89. The molecule has 1 fully saturated rings. The number of carboxylic acid groups (broad SMARTS) is 2. The Labute approximate surface area is 228 Å². The number of nitrogens with zero attached hydrogens (tertiary/aromatic N) is 4. The van der Waals surface area contributed by atoms with Gasteiger partial charge >= 0.3 is 18.1 Å². The van der Waals surface area contributed by atoms with Gasteiger partial charge in [0.15, 0.2) is 5.96 Å². The van der Waals surface area contributed by atoms with Crippen molar-refractivity contribution in [3.05, 3.63) is 84.1 Å². The molecule has 0 spiro atoms. The highest BCUT2D eigenvalue weighted by molar-refractivity contribution is 5.96. The first-order valence-corrected chi connectivity index (χ1v) is 12.1. The topological polar surface area (TPSA) is 128 Å². The number of hydrogen-bond acceptors (Lipinski definition) is 6. The minimum Gasteiger partial charge on any atom is -0.497 e. The van der Waals surface area contributed by atoms with E-state index in [0.29, 0.717) is 18.2 Å². The highest BCUT2D eigenvalue weighted by atomic mass is 19.4. The maximum atomic E-state index is 11.4. The molecule has 1 aromatic heterocycles. The molecule has 0 saturated carbocycles. The third-order valence-electron chi connectivity index (χ3n) is 5.71. The van der Waals surface area contributed by atoms with Crippen LogP contribution in [0.25, 0.3) is 0 Å². The second kappa shape index (κ2) is 13.8. The molecule has 0 atom stereocenters. The van der Waals surface area contributed by atoms with Crippen molar-refractivity contribution in [2.24, 2.45) is 4.99 Å². The molecule has 1 aliphatic rings. The first-order valence-electron chi connectivity index (χ1n) is 12.1. The zero-order valence-electron chi connectivity index (χ0n) is 21.5. The Hall–Kier alpha value is -4.81. The molecule has 1 aliphatic heterocycles. The molecular formula is C27H28F3N5O5. The van der Waals surface area contributed by atoms with Crippen LogP contribution in [-0.4, -0.2) is 77.5 Å². The number of alkyl halides is 3. The second-order valence-corrected chi connectivity index (χ2v) is 8.47. The van der Waals surface area contributed by atoms with Gasteiger partial charge in [0, 0.05) is 38.1 Å². The SMILES string of the molecule is COc1cccc(CN=C(Nc2cccc(C(=O)O)c2)N2CCN(c3ccccn3)CC2)c1.O=C(O)C(F)(F)F. The standard InChI is InChI=1S/C25H27N5O3.C2HF3O2/c1-33-22-9-4-6-19(16-22)18-27-25(28-21-8-5-7-20(17-21)24(31)32)30-14-12-29(13-15-30)23-10-2-3-11-26-23;3-2(4,5)1(6)7/h2-11,16-17H,12-15,18H2,1H3,(H,27,28)(H,31,32);(H,6,7). The number of piperazine rings is 1. The van der Waals surface area contributed by atoms with Gasteiger partial charge in [-0.1, -0.05) is 24.3 Å². The van der Waals surface area contributed by atoms with Gasteiger partial charge in [-0.15, -0.1) is 0 Å². The van der Waals surface area contributed by atoms with Gasteiger partial charge in [-0.25, -0.2) is 19.6 Å². The lowest BCUT2D eigenvalue weighted by atomic mass is 10.2. The van der Waals surface area contributed by atoms with E-state index in [-0.39, 0.29) is 5.56 Å². The Morgan fingerprint density at radius 1 is 1.00 bits per heavy atom. The lowest BCUT2D eigenvalue weighted by molar-refractivity contribution is -0.192. The fourth-order valence-electron chi connectivity index (χ4n) is 3.70. The summed E-state index contributed by atoms with van der Waals surface area (Å²) in [6.45, 7) is 3.62. The molecule has 13 heteroatoms. The molecule has 10 nitrogen and oxygen atoms in total. The number of rotatable bonds is 6. The third-order valence-corrected chi connectivity index (χ3v) is 5.71. The monoisotopic (exact) mass is 559 g/mol. The number of nitrogens with one attached hydrogen (secondary N) is 1. The largest absolute Gasteiger partial charge is 0.497 e. The molecule has 212 valence electrons.